The average molecular weight is 427 g/mol. The third-order valence-corrected chi connectivity index (χ3v) is 5.89. The molecule has 31 heavy (non-hydrogen) atoms. The zero-order valence-corrected chi connectivity index (χ0v) is 18.1. The van der Waals surface area contributed by atoms with Gasteiger partial charge in [-0.2, -0.15) is 0 Å². The monoisotopic (exact) mass is 426 g/mol. The number of fused-ring (bicyclic) bond motifs is 1. The number of ether oxygens (including phenoxy) is 1. The van der Waals surface area contributed by atoms with Crippen molar-refractivity contribution in [3.8, 4) is 5.75 Å². The van der Waals surface area contributed by atoms with E-state index in [1.165, 1.54) is 16.3 Å². The van der Waals surface area contributed by atoms with Crippen LogP contribution in [0.1, 0.15) is 24.9 Å². The summed E-state index contributed by atoms with van der Waals surface area (Å²) in [6.07, 6.45) is 0.883. The van der Waals surface area contributed by atoms with Crippen molar-refractivity contribution in [2.24, 2.45) is 4.99 Å². The molecule has 0 radical (unpaired) electrons. The third kappa shape index (κ3) is 4.01. The van der Waals surface area contributed by atoms with Gasteiger partial charge in [-0.05, 0) is 77.9 Å². The van der Waals surface area contributed by atoms with Crippen LogP contribution in [0.25, 0.3) is 10.8 Å². The lowest BCUT2D eigenvalue weighted by Crippen LogP contribution is -2.46. The van der Waals surface area contributed by atoms with Crippen molar-refractivity contribution in [1.29, 1.82) is 0 Å². The van der Waals surface area contributed by atoms with E-state index in [2.05, 4.69) is 59.5 Å². The standard InChI is InChI=1S/C27H23ClN2O/c1-2-31-25-15-13-24(14-16-25)30-26(18-27(30)29-23-11-9-22(28)10-12-23)21-8-7-19-5-3-4-6-20(19)17-21/h3-17,26H,2,18H2,1H3/b29-27+. The molecular formula is C27H23ClN2O. The number of nitrogens with zero attached hydrogens (tertiary/aromatic N) is 2. The molecule has 0 aromatic heterocycles. The van der Waals surface area contributed by atoms with E-state index in [1.807, 2.05) is 43.3 Å². The van der Waals surface area contributed by atoms with Gasteiger partial charge in [0.05, 0.1) is 18.3 Å². The van der Waals surface area contributed by atoms with E-state index < -0.39 is 0 Å². The zero-order valence-electron chi connectivity index (χ0n) is 17.3. The first-order valence-corrected chi connectivity index (χ1v) is 10.9. The van der Waals surface area contributed by atoms with E-state index in [4.69, 9.17) is 21.3 Å². The smallest absolute Gasteiger partial charge is 0.119 e. The molecule has 5 rings (SSSR count). The molecule has 1 atom stereocenters. The maximum absolute atomic E-state index is 6.04. The number of anilines is 1. The molecule has 0 bridgehead atoms. The van der Waals surface area contributed by atoms with Crippen LogP contribution in [0.15, 0.2) is 96.0 Å². The lowest BCUT2D eigenvalue weighted by molar-refractivity contribution is 0.340. The molecule has 4 aromatic carbocycles. The number of benzene rings is 4. The maximum Gasteiger partial charge on any atom is 0.119 e. The summed E-state index contributed by atoms with van der Waals surface area (Å²) < 4.78 is 5.62. The molecule has 154 valence electrons. The van der Waals surface area contributed by atoms with E-state index in [0.717, 1.165) is 34.4 Å². The summed E-state index contributed by atoms with van der Waals surface area (Å²) in [6.45, 7) is 2.65. The second-order valence-corrected chi connectivity index (χ2v) is 8.06. The van der Waals surface area contributed by atoms with Crippen molar-refractivity contribution >= 4 is 39.6 Å². The van der Waals surface area contributed by atoms with Crippen LogP contribution in [-0.2, 0) is 0 Å². The van der Waals surface area contributed by atoms with Gasteiger partial charge in [0, 0.05) is 17.1 Å². The average Bonchev–Trinajstić information content (AvgIpc) is 2.79. The van der Waals surface area contributed by atoms with Crippen molar-refractivity contribution in [2.45, 2.75) is 19.4 Å². The van der Waals surface area contributed by atoms with Crippen molar-refractivity contribution in [1.82, 2.24) is 0 Å². The molecule has 1 saturated heterocycles. The van der Waals surface area contributed by atoms with Crippen LogP contribution in [0.3, 0.4) is 0 Å². The van der Waals surface area contributed by atoms with Gasteiger partial charge in [-0.25, -0.2) is 4.99 Å². The SMILES string of the molecule is CCOc1ccc(N2/C(=N/c3ccc(Cl)cc3)CC2c2ccc3ccccc3c2)cc1. The number of hydrogen-bond donors (Lipinski definition) is 0. The van der Waals surface area contributed by atoms with Crippen LogP contribution in [0.4, 0.5) is 11.4 Å². The van der Waals surface area contributed by atoms with Gasteiger partial charge in [-0.15, -0.1) is 0 Å². The van der Waals surface area contributed by atoms with Crippen LogP contribution >= 0.6 is 11.6 Å². The second-order valence-electron chi connectivity index (χ2n) is 7.63. The molecule has 4 heteroatoms. The number of halogens is 1. The fourth-order valence-electron chi connectivity index (χ4n) is 4.07. The summed E-state index contributed by atoms with van der Waals surface area (Å²) >= 11 is 6.04. The first-order chi connectivity index (χ1) is 15.2. The minimum absolute atomic E-state index is 0.244. The van der Waals surface area contributed by atoms with Crippen molar-refractivity contribution in [2.75, 3.05) is 11.5 Å². The summed E-state index contributed by atoms with van der Waals surface area (Å²) in [7, 11) is 0. The minimum Gasteiger partial charge on any atom is -0.494 e. The first kappa shape index (κ1) is 19.7. The van der Waals surface area contributed by atoms with E-state index in [1.54, 1.807) is 0 Å². The summed E-state index contributed by atoms with van der Waals surface area (Å²) in [5.41, 5.74) is 3.32. The molecule has 3 nitrogen and oxygen atoms in total. The third-order valence-electron chi connectivity index (χ3n) is 5.63. The van der Waals surface area contributed by atoms with Crippen LogP contribution in [-0.4, -0.2) is 12.4 Å². The highest BCUT2D eigenvalue weighted by Gasteiger charge is 2.36. The van der Waals surface area contributed by atoms with Crippen LogP contribution in [0, 0.1) is 0 Å². The Bertz CT molecular complexity index is 1230. The molecule has 0 aliphatic carbocycles. The van der Waals surface area contributed by atoms with Crippen molar-refractivity contribution < 1.29 is 4.74 Å². The molecule has 1 aliphatic heterocycles. The van der Waals surface area contributed by atoms with Crippen molar-refractivity contribution in [3.63, 3.8) is 0 Å². The fraction of sp³-hybridized carbons (Fsp3) is 0.148. The lowest BCUT2D eigenvalue weighted by Gasteiger charge is -2.44. The highest BCUT2D eigenvalue weighted by Crippen LogP contribution is 2.41. The van der Waals surface area contributed by atoms with Gasteiger partial charge < -0.3 is 9.64 Å². The van der Waals surface area contributed by atoms with Crippen molar-refractivity contribution in [3.05, 3.63) is 102 Å². The van der Waals surface area contributed by atoms with Gasteiger partial charge in [0.1, 0.15) is 11.6 Å². The maximum atomic E-state index is 6.04. The van der Waals surface area contributed by atoms with Crippen LogP contribution in [0.5, 0.6) is 5.75 Å². The van der Waals surface area contributed by atoms with E-state index >= 15 is 0 Å². The molecule has 1 aliphatic rings. The Morgan fingerprint density at radius 2 is 1.65 bits per heavy atom. The van der Waals surface area contributed by atoms with Gasteiger partial charge in [0.2, 0.25) is 0 Å². The zero-order chi connectivity index (χ0) is 21.2. The van der Waals surface area contributed by atoms with Crippen LogP contribution in [0.2, 0.25) is 5.02 Å². The normalized spacial score (nSPS) is 17.0. The molecular weight excluding hydrogens is 404 g/mol. The Morgan fingerprint density at radius 1 is 0.903 bits per heavy atom. The predicted octanol–water partition coefficient (Wildman–Crippen LogP) is 7.57. The van der Waals surface area contributed by atoms with Gasteiger partial charge >= 0.3 is 0 Å². The molecule has 1 unspecified atom stereocenters. The summed E-state index contributed by atoms with van der Waals surface area (Å²) in [5.74, 6) is 1.93. The first-order valence-electron chi connectivity index (χ1n) is 10.6. The number of rotatable bonds is 5. The quantitative estimate of drug-likeness (QED) is 0.328. The number of aliphatic imine (C=N–C) groups is 1. The topological polar surface area (TPSA) is 24.8 Å². The summed E-state index contributed by atoms with van der Waals surface area (Å²) in [4.78, 5) is 7.23. The van der Waals surface area contributed by atoms with E-state index in [-0.39, 0.29) is 6.04 Å². The Balaban J connectivity index is 1.51. The number of hydrogen-bond acceptors (Lipinski definition) is 2. The Hall–Kier alpha value is -3.30. The van der Waals surface area contributed by atoms with Gasteiger partial charge in [-0.1, -0.05) is 48.0 Å². The highest BCUT2D eigenvalue weighted by molar-refractivity contribution is 6.30. The summed E-state index contributed by atoms with van der Waals surface area (Å²) in [5, 5.41) is 3.23. The highest BCUT2D eigenvalue weighted by atomic mass is 35.5. The Morgan fingerprint density at radius 3 is 2.39 bits per heavy atom. The van der Waals surface area contributed by atoms with Gasteiger partial charge in [-0.3, -0.25) is 0 Å². The predicted molar refractivity (Wildman–Crippen MR) is 130 cm³/mol. The van der Waals surface area contributed by atoms with Gasteiger partial charge in [0.15, 0.2) is 0 Å². The number of amidine groups is 1. The lowest BCUT2D eigenvalue weighted by atomic mass is 9.91. The minimum atomic E-state index is 0.244. The fourth-order valence-corrected chi connectivity index (χ4v) is 4.20. The molecule has 0 N–H and O–H groups in total. The summed E-state index contributed by atoms with van der Waals surface area (Å²) in [6, 6.07) is 31.4. The Kier molecular flexibility index (Phi) is 5.35. The molecule has 0 amide bonds. The van der Waals surface area contributed by atoms with Crippen LogP contribution < -0.4 is 9.64 Å². The Labute approximate surface area is 187 Å². The second kappa shape index (κ2) is 8.44. The molecule has 0 spiro atoms. The molecule has 0 saturated carbocycles. The van der Waals surface area contributed by atoms with E-state index in [9.17, 15) is 0 Å². The largest absolute Gasteiger partial charge is 0.494 e. The van der Waals surface area contributed by atoms with E-state index in [0.29, 0.717) is 6.61 Å². The van der Waals surface area contributed by atoms with Gasteiger partial charge in [0.25, 0.3) is 0 Å². The molecule has 1 heterocycles. The molecule has 1 fully saturated rings. The molecule has 4 aromatic rings.